The third-order valence-electron chi connectivity index (χ3n) is 4.89. The molecule has 0 bridgehead atoms. The van der Waals surface area contributed by atoms with Crippen LogP contribution in [0.5, 0.6) is 0 Å². The first kappa shape index (κ1) is 16.5. The number of aryl methyl sites for hydroxylation is 1. The van der Waals surface area contributed by atoms with E-state index >= 15 is 0 Å². The Hall–Kier alpha value is -0.900. The number of hydrogen-bond donors (Lipinski definition) is 1. The number of nitrogens with one attached hydrogen (secondary N) is 1. The molecule has 0 saturated carbocycles. The van der Waals surface area contributed by atoms with Crippen molar-refractivity contribution >= 4 is 0 Å². The molecular weight excluding hydrogens is 260 g/mol. The summed E-state index contributed by atoms with van der Waals surface area (Å²) in [7, 11) is 0. The van der Waals surface area contributed by atoms with Crippen LogP contribution in [0.4, 0.5) is 0 Å². The van der Waals surface area contributed by atoms with Crippen molar-refractivity contribution < 1.29 is 0 Å². The van der Waals surface area contributed by atoms with Crippen LogP contribution in [0.25, 0.3) is 0 Å². The molecule has 2 rings (SSSR count). The Kier molecular flexibility index (Phi) is 6.22. The molecule has 1 aromatic rings. The average Bonchev–Trinajstić information content (AvgIpc) is 2.75. The fourth-order valence-electron chi connectivity index (χ4n) is 3.26. The Morgan fingerprint density at radius 1 is 1.10 bits per heavy atom. The lowest BCUT2D eigenvalue weighted by atomic mass is 9.97. The summed E-state index contributed by atoms with van der Waals surface area (Å²) in [4.78, 5) is 0. The highest BCUT2D eigenvalue weighted by atomic mass is 15.3. The van der Waals surface area contributed by atoms with Crippen LogP contribution in [0.15, 0.2) is 0 Å². The van der Waals surface area contributed by atoms with Gasteiger partial charge in [-0.3, -0.25) is 0 Å². The predicted octanol–water partition coefficient (Wildman–Crippen LogP) is 3.87. The molecule has 120 valence electrons. The molecule has 4 nitrogen and oxygen atoms in total. The van der Waals surface area contributed by atoms with E-state index in [1.807, 2.05) is 0 Å². The first-order valence-corrected chi connectivity index (χ1v) is 8.83. The van der Waals surface area contributed by atoms with E-state index in [-0.39, 0.29) is 0 Å². The lowest BCUT2D eigenvalue weighted by Crippen LogP contribution is -2.34. The van der Waals surface area contributed by atoms with Gasteiger partial charge in [0.05, 0.1) is 6.04 Å². The summed E-state index contributed by atoms with van der Waals surface area (Å²) in [5.74, 6) is 3.10. The molecule has 0 spiro atoms. The van der Waals surface area contributed by atoms with E-state index < -0.39 is 0 Å². The minimum Gasteiger partial charge on any atom is -0.314 e. The number of hydrogen-bond acceptors (Lipinski definition) is 3. The maximum Gasteiger partial charge on any atom is 0.149 e. The maximum absolute atomic E-state index is 4.48. The smallest absolute Gasteiger partial charge is 0.149 e. The quantitative estimate of drug-likeness (QED) is 0.829. The molecule has 1 aliphatic rings. The van der Waals surface area contributed by atoms with Crippen LogP contribution in [-0.2, 0) is 13.0 Å². The minimum absolute atomic E-state index is 0.290. The van der Waals surface area contributed by atoms with Crippen molar-refractivity contribution in [2.75, 3.05) is 0 Å². The van der Waals surface area contributed by atoms with E-state index in [4.69, 9.17) is 0 Å². The first-order valence-electron chi connectivity index (χ1n) is 8.83. The zero-order valence-electron chi connectivity index (χ0n) is 14.2. The molecule has 2 heterocycles. The van der Waals surface area contributed by atoms with Gasteiger partial charge in [0, 0.05) is 19.0 Å². The lowest BCUT2D eigenvalue weighted by molar-refractivity contribution is 0.348. The van der Waals surface area contributed by atoms with Crippen molar-refractivity contribution in [1.29, 1.82) is 0 Å². The normalized spacial score (nSPS) is 19.6. The highest BCUT2D eigenvalue weighted by Crippen LogP contribution is 2.20. The monoisotopic (exact) mass is 292 g/mol. The largest absolute Gasteiger partial charge is 0.314 e. The van der Waals surface area contributed by atoms with Gasteiger partial charge >= 0.3 is 0 Å². The molecule has 4 heteroatoms. The Bertz CT molecular complexity index is 426. The van der Waals surface area contributed by atoms with E-state index in [9.17, 15) is 0 Å². The van der Waals surface area contributed by atoms with E-state index in [1.54, 1.807) is 0 Å². The molecule has 0 radical (unpaired) electrons. The minimum atomic E-state index is 0.290. The van der Waals surface area contributed by atoms with Crippen molar-refractivity contribution in [3.8, 4) is 0 Å². The number of fused-ring (bicyclic) bond motifs is 1. The SMILES string of the molecule is CCC(C)CC(CC)NC(C)c1nnc2n1CCCCC2. The van der Waals surface area contributed by atoms with Gasteiger partial charge in [0.15, 0.2) is 0 Å². The van der Waals surface area contributed by atoms with Gasteiger partial charge in [-0.15, -0.1) is 10.2 Å². The molecule has 21 heavy (non-hydrogen) atoms. The van der Waals surface area contributed by atoms with E-state index in [0.29, 0.717) is 12.1 Å². The Morgan fingerprint density at radius 2 is 1.90 bits per heavy atom. The summed E-state index contributed by atoms with van der Waals surface area (Å²) in [5, 5.41) is 12.7. The standard InChI is InChI=1S/C17H32N4/c1-5-13(3)12-15(6-2)18-14(4)17-20-19-16-10-8-7-9-11-21(16)17/h13-15,18H,5-12H2,1-4H3. The lowest BCUT2D eigenvalue weighted by Gasteiger charge is -2.24. The van der Waals surface area contributed by atoms with Crippen LogP contribution in [-0.4, -0.2) is 20.8 Å². The molecule has 0 saturated heterocycles. The zero-order valence-corrected chi connectivity index (χ0v) is 14.2. The van der Waals surface area contributed by atoms with Crippen LogP contribution < -0.4 is 5.32 Å². The van der Waals surface area contributed by atoms with Crippen molar-refractivity contribution in [3.63, 3.8) is 0 Å². The molecule has 0 aliphatic carbocycles. The molecule has 0 fully saturated rings. The number of rotatable bonds is 7. The fraction of sp³-hybridized carbons (Fsp3) is 0.882. The zero-order chi connectivity index (χ0) is 15.2. The second kappa shape index (κ2) is 7.92. The van der Waals surface area contributed by atoms with Gasteiger partial charge in [-0.2, -0.15) is 0 Å². The van der Waals surface area contributed by atoms with Crippen LogP contribution in [0.1, 0.15) is 83.9 Å². The van der Waals surface area contributed by atoms with Gasteiger partial charge in [0.2, 0.25) is 0 Å². The predicted molar refractivity (Wildman–Crippen MR) is 87.3 cm³/mol. The summed E-state index contributed by atoms with van der Waals surface area (Å²) in [6.07, 6.45) is 8.60. The van der Waals surface area contributed by atoms with Gasteiger partial charge in [0.25, 0.3) is 0 Å². The van der Waals surface area contributed by atoms with Gasteiger partial charge in [-0.05, 0) is 38.5 Å². The molecule has 3 unspecified atom stereocenters. The van der Waals surface area contributed by atoms with Crippen molar-refractivity contribution in [3.05, 3.63) is 11.6 Å². The molecule has 1 aliphatic heterocycles. The Labute approximate surface area is 129 Å². The van der Waals surface area contributed by atoms with Crippen LogP contribution in [0.2, 0.25) is 0 Å². The Morgan fingerprint density at radius 3 is 2.62 bits per heavy atom. The fourth-order valence-corrected chi connectivity index (χ4v) is 3.26. The summed E-state index contributed by atoms with van der Waals surface area (Å²) in [6, 6.07) is 0.868. The Balaban J connectivity index is 2.02. The summed E-state index contributed by atoms with van der Waals surface area (Å²) in [6.45, 7) is 10.2. The topological polar surface area (TPSA) is 42.7 Å². The number of nitrogens with zero attached hydrogens (tertiary/aromatic N) is 3. The van der Waals surface area contributed by atoms with Crippen molar-refractivity contribution in [2.45, 2.75) is 91.3 Å². The first-order chi connectivity index (χ1) is 10.2. The molecule has 0 aromatic carbocycles. The van der Waals surface area contributed by atoms with Gasteiger partial charge < -0.3 is 9.88 Å². The summed E-state index contributed by atoms with van der Waals surface area (Å²) >= 11 is 0. The molecule has 1 aromatic heterocycles. The van der Waals surface area contributed by atoms with E-state index in [2.05, 4.69) is 47.8 Å². The van der Waals surface area contributed by atoms with Gasteiger partial charge in [-0.25, -0.2) is 0 Å². The highest BCUT2D eigenvalue weighted by Gasteiger charge is 2.21. The molecule has 3 atom stereocenters. The van der Waals surface area contributed by atoms with E-state index in [0.717, 1.165) is 24.7 Å². The van der Waals surface area contributed by atoms with Crippen LogP contribution in [0.3, 0.4) is 0 Å². The highest BCUT2D eigenvalue weighted by molar-refractivity contribution is 5.02. The maximum atomic E-state index is 4.48. The van der Waals surface area contributed by atoms with Crippen LogP contribution >= 0.6 is 0 Å². The average molecular weight is 292 g/mol. The van der Waals surface area contributed by atoms with Crippen molar-refractivity contribution in [1.82, 2.24) is 20.1 Å². The van der Waals surface area contributed by atoms with Gasteiger partial charge in [-0.1, -0.05) is 33.6 Å². The number of aromatic nitrogens is 3. The second-order valence-electron chi connectivity index (χ2n) is 6.68. The van der Waals surface area contributed by atoms with Crippen molar-refractivity contribution in [2.24, 2.45) is 5.92 Å². The molecular formula is C17H32N4. The third-order valence-corrected chi connectivity index (χ3v) is 4.89. The van der Waals surface area contributed by atoms with Crippen LogP contribution in [0, 0.1) is 5.92 Å². The third kappa shape index (κ3) is 4.29. The van der Waals surface area contributed by atoms with E-state index in [1.165, 1.54) is 44.3 Å². The second-order valence-corrected chi connectivity index (χ2v) is 6.68. The summed E-state index contributed by atoms with van der Waals surface area (Å²) in [5.41, 5.74) is 0. The molecule has 0 amide bonds. The molecule has 1 N–H and O–H groups in total. The summed E-state index contributed by atoms with van der Waals surface area (Å²) < 4.78 is 2.36. The van der Waals surface area contributed by atoms with Gasteiger partial charge in [0.1, 0.15) is 11.6 Å².